The van der Waals surface area contributed by atoms with Crippen LogP contribution in [-0.4, -0.2) is 72.6 Å². The highest BCUT2D eigenvalue weighted by molar-refractivity contribution is 7.14. The lowest BCUT2D eigenvalue weighted by molar-refractivity contribution is -0.117. The number of amides is 2. The molecule has 1 aliphatic rings. The second-order valence-corrected chi connectivity index (χ2v) is 5.83. The van der Waals surface area contributed by atoms with E-state index in [0.717, 1.165) is 26.2 Å². The van der Waals surface area contributed by atoms with Crippen molar-refractivity contribution in [3.63, 3.8) is 0 Å². The Kier molecular flexibility index (Phi) is 5.68. The summed E-state index contributed by atoms with van der Waals surface area (Å²) >= 11 is 1.29. The number of β-amino-alcohol motifs (C(OH)–C–C–N with tert-alkyl or cyclic N) is 1. The van der Waals surface area contributed by atoms with Gasteiger partial charge in [0.25, 0.3) is 5.91 Å². The maximum Gasteiger partial charge on any atom is 0.251 e. The summed E-state index contributed by atoms with van der Waals surface area (Å²) in [5, 5.41) is 13.9. The molecule has 8 heteroatoms. The summed E-state index contributed by atoms with van der Waals surface area (Å²) < 4.78 is 0. The highest BCUT2D eigenvalue weighted by Crippen LogP contribution is 2.22. The predicted octanol–water partition coefficient (Wildman–Crippen LogP) is -0.605. The molecule has 0 bridgehead atoms. The number of aliphatic hydroxyl groups excluding tert-OH is 1. The minimum absolute atomic E-state index is 0.143. The number of anilines is 1. The standard InChI is InChI=1S/C13H20N4O3S/c14-12(20)10-1-8-21-13(10)15-11(19)9-17-4-2-16(3-5-17)6-7-18/h1,8,18H,2-7,9H2,(H2,14,20)(H,15,19). The molecule has 0 radical (unpaired) electrons. The van der Waals surface area contributed by atoms with Gasteiger partial charge in [-0.05, 0) is 11.4 Å². The average molecular weight is 312 g/mol. The fourth-order valence-electron chi connectivity index (χ4n) is 2.28. The monoisotopic (exact) mass is 312 g/mol. The zero-order valence-corrected chi connectivity index (χ0v) is 12.6. The van der Waals surface area contributed by atoms with Gasteiger partial charge in [-0.25, -0.2) is 0 Å². The SMILES string of the molecule is NC(=O)c1ccsc1NC(=O)CN1CCN(CCO)CC1. The van der Waals surface area contributed by atoms with Crippen LogP contribution in [0.4, 0.5) is 5.00 Å². The smallest absolute Gasteiger partial charge is 0.251 e. The fraction of sp³-hybridized carbons (Fsp3) is 0.538. The van der Waals surface area contributed by atoms with Crippen molar-refractivity contribution >= 4 is 28.2 Å². The summed E-state index contributed by atoms with van der Waals surface area (Å²) in [4.78, 5) is 27.4. The minimum Gasteiger partial charge on any atom is -0.395 e. The number of hydrogen-bond donors (Lipinski definition) is 3. The Labute approximate surface area is 127 Å². The molecule has 7 nitrogen and oxygen atoms in total. The van der Waals surface area contributed by atoms with E-state index in [0.29, 0.717) is 23.7 Å². The first-order valence-electron chi connectivity index (χ1n) is 6.83. The first kappa shape index (κ1) is 15.9. The molecule has 1 saturated heterocycles. The van der Waals surface area contributed by atoms with Crippen molar-refractivity contribution in [2.75, 3.05) is 51.2 Å². The van der Waals surface area contributed by atoms with Gasteiger partial charge in [-0.15, -0.1) is 11.3 Å². The first-order chi connectivity index (χ1) is 10.1. The summed E-state index contributed by atoms with van der Waals surface area (Å²) in [7, 11) is 0. The maximum absolute atomic E-state index is 12.0. The van der Waals surface area contributed by atoms with Gasteiger partial charge in [-0.3, -0.25) is 19.4 Å². The van der Waals surface area contributed by atoms with Crippen molar-refractivity contribution < 1.29 is 14.7 Å². The Hall–Kier alpha value is -1.48. The molecule has 0 unspecified atom stereocenters. The number of nitrogens with two attached hydrogens (primary N) is 1. The molecule has 0 spiro atoms. The molecule has 0 atom stereocenters. The molecular formula is C13H20N4O3S. The van der Waals surface area contributed by atoms with Crippen LogP contribution in [0.25, 0.3) is 0 Å². The number of aliphatic hydroxyl groups is 1. The molecule has 116 valence electrons. The van der Waals surface area contributed by atoms with Crippen molar-refractivity contribution in [1.29, 1.82) is 0 Å². The van der Waals surface area contributed by atoms with E-state index in [1.807, 2.05) is 0 Å². The molecule has 1 fully saturated rings. The van der Waals surface area contributed by atoms with Crippen LogP contribution in [0, 0.1) is 0 Å². The lowest BCUT2D eigenvalue weighted by Gasteiger charge is -2.33. The molecule has 2 rings (SSSR count). The van der Waals surface area contributed by atoms with Gasteiger partial charge in [0.15, 0.2) is 0 Å². The fourth-order valence-corrected chi connectivity index (χ4v) is 3.09. The largest absolute Gasteiger partial charge is 0.395 e. The van der Waals surface area contributed by atoms with Crippen molar-refractivity contribution in [3.05, 3.63) is 17.0 Å². The van der Waals surface area contributed by atoms with Crippen LogP contribution in [-0.2, 0) is 4.79 Å². The Morgan fingerprint density at radius 1 is 1.29 bits per heavy atom. The van der Waals surface area contributed by atoms with Gasteiger partial charge < -0.3 is 16.2 Å². The van der Waals surface area contributed by atoms with Crippen LogP contribution >= 0.6 is 11.3 Å². The number of carbonyl (C=O) groups excluding carboxylic acids is 2. The van der Waals surface area contributed by atoms with E-state index in [1.54, 1.807) is 11.4 Å². The number of thiophene rings is 1. The lowest BCUT2D eigenvalue weighted by atomic mass is 10.3. The second-order valence-electron chi connectivity index (χ2n) is 4.92. The van der Waals surface area contributed by atoms with Crippen molar-refractivity contribution in [2.45, 2.75) is 0 Å². The van der Waals surface area contributed by atoms with Gasteiger partial charge in [0, 0.05) is 32.7 Å². The number of nitrogens with zero attached hydrogens (tertiary/aromatic N) is 2. The van der Waals surface area contributed by atoms with E-state index in [1.165, 1.54) is 11.3 Å². The second kappa shape index (κ2) is 7.51. The number of primary amides is 1. The molecule has 0 saturated carbocycles. The van der Waals surface area contributed by atoms with Gasteiger partial charge in [0.05, 0.1) is 18.7 Å². The third kappa shape index (κ3) is 4.50. The number of rotatable bonds is 6. The molecule has 2 amide bonds. The van der Waals surface area contributed by atoms with E-state index in [9.17, 15) is 9.59 Å². The Balaban J connectivity index is 1.80. The van der Waals surface area contributed by atoms with E-state index in [-0.39, 0.29) is 12.5 Å². The van der Waals surface area contributed by atoms with Crippen LogP contribution < -0.4 is 11.1 Å². The molecule has 1 aliphatic heterocycles. The maximum atomic E-state index is 12.0. The summed E-state index contributed by atoms with van der Waals surface area (Å²) in [6.45, 7) is 4.41. The van der Waals surface area contributed by atoms with Gasteiger partial charge in [-0.1, -0.05) is 0 Å². The van der Waals surface area contributed by atoms with Crippen molar-refractivity contribution in [2.24, 2.45) is 5.73 Å². The Bertz CT molecular complexity index is 497. The summed E-state index contributed by atoms with van der Waals surface area (Å²) in [5.74, 6) is -0.681. The van der Waals surface area contributed by atoms with Gasteiger partial charge >= 0.3 is 0 Å². The lowest BCUT2D eigenvalue weighted by Crippen LogP contribution is -2.49. The molecule has 1 aromatic heterocycles. The van der Waals surface area contributed by atoms with Crippen LogP contribution in [0.5, 0.6) is 0 Å². The number of carbonyl (C=O) groups is 2. The van der Waals surface area contributed by atoms with Gasteiger partial charge in [0.1, 0.15) is 5.00 Å². The van der Waals surface area contributed by atoms with Gasteiger partial charge in [0.2, 0.25) is 5.91 Å². The zero-order valence-electron chi connectivity index (χ0n) is 11.7. The predicted molar refractivity (Wildman–Crippen MR) is 81.4 cm³/mol. The Morgan fingerprint density at radius 2 is 1.95 bits per heavy atom. The third-order valence-corrected chi connectivity index (χ3v) is 4.26. The molecule has 4 N–H and O–H groups in total. The average Bonchev–Trinajstić information content (AvgIpc) is 2.89. The van der Waals surface area contributed by atoms with Crippen molar-refractivity contribution in [3.8, 4) is 0 Å². The van der Waals surface area contributed by atoms with Crippen LogP contribution in [0.15, 0.2) is 11.4 Å². The van der Waals surface area contributed by atoms with Crippen LogP contribution in [0.2, 0.25) is 0 Å². The molecule has 0 aliphatic carbocycles. The molecule has 21 heavy (non-hydrogen) atoms. The van der Waals surface area contributed by atoms with Gasteiger partial charge in [-0.2, -0.15) is 0 Å². The molecule has 0 aromatic carbocycles. The Morgan fingerprint density at radius 3 is 2.57 bits per heavy atom. The van der Waals surface area contributed by atoms with E-state index >= 15 is 0 Å². The quantitative estimate of drug-likeness (QED) is 0.651. The van der Waals surface area contributed by atoms with E-state index < -0.39 is 5.91 Å². The van der Waals surface area contributed by atoms with E-state index in [2.05, 4.69) is 15.1 Å². The molecule has 1 aromatic rings. The third-order valence-electron chi connectivity index (χ3n) is 3.43. The summed E-state index contributed by atoms with van der Waals surface area (Å²) in [5.41, 5.74) is 5.59. The van der Waals surface area contributed by atoms with Crippen LogP contribution in [0.3, 0.4) is 0 Å². The van der Waals surface area contributed by atoms with Crippen LogP contribution in [0.1, 0.15) is 10.4 Å². The number of piperazine rings is 1. The minimum atomic E-state index is -0.538. The zero-order chi connectivity index (χ0) is 15.2. The number of nitrogens with one attached hydrogen (secondary N) is 1. The number of hydrogen-bond acceptors (Lipinski definition) is 6. The molecule has 2 heterocycles. The first-order valence-corrected chi connectivity index (χ1v) is 7.71. The molecular weight excluding hydrogens is 292 g/mol. The summed E-state index contributed by atoms with van der Waals surface area (Å²) in [6, 6.07) is 1.61. The van der Waals surface area contributed by atoms with Crippen molar-refractivity contribution in [1.82, 2.24) is 9.80 Å². The highest BCUT2D eigenvalue weighted by atomic mass is 32.1. The topological polar surface area (TPSA) is 98.9 Å². The summed E-state index contributed by atoms with van der Waals surface area (Å²) in [6.07, 6.45) is 0. The normalized spacial score (nSPS) is 16.8. The highest BCUT2D eigenvalue weighted by Gasteiger charge is 2.19. The van der Waals surface area contributed by atoms with E-state index in [4.69, 9.17) is 10.8 Å².